The molecule has 1 fully saturated rings. The van der Waals surface area contributed by atoms with Crippen LogP contribution >= 0.6 is 0 Å². The van der Waals surface area contributed by atoms with Gasteiger partial charge in [-0.1, -0.05) is 6.92 Å². The molecule has 0 radical (unpaired) electrons. The topological polar surface area (TPSA) is 70.7 Å². The standard InChI is InChI=1S/C11H14O4/c1-2-10(9(12)13)6-11(14,7-10)8-4-3-5-15-8/h3-5,14H,2,6-7H2,1H3,(H,12,13). The molecule has 0 spiro atoms. The first-order valence-corrected chi connectivity index (χ1v) is 5.02. The lowest BCUT2D eigenvalue weighted by molar-refractivity contribution is -0.188. The van der Waals surface area contributed by atoms with Gasteiger partial charge in [0.25, 0.3) is 0 Å². The van der Waals surface area contributed by atoms with E-state index in [1.807, 2.05) is 6.92 Å². The average Bonchev–Trinajstić information content (AvgIpc) is 2.65. The largest absolute Gasteiger partial charge is 0.481 e. The van der Waals surface area contributed by atoms with E-state index in [9.17, 15) is 9.90 Å². The summed E-state index contributed by atoms with van der Waals surface area (Å²) in [5, 5.41) is 19.2. The van der Waals surface area contributed by atoms with Gasteiger partial charge in [0.2, 0.25) is 0 Å². The van der Waals surface area contributed by atoms with Crippen LogP contribution in [0.3, 0.4) is 0 Å². The Balaban J connectivity index is 2.17. The maximum absolute atomic E-state index is 11.1. The van der Waals surface area contributed by atoms with Gasteiger partial charge in [0.1, 0.15) is 11.4 Å². The Kier molecular flexibility index (Phi) is 2.12. The number of hydrogen-bond donors (Lipinski definition) is 2. The monoisotopic (exact) mass is 210 g/mol. The fourth-order valence-electron chi connectivity index (χ4n) is 2.34. The number of aliphatic hydroxyl groups is 1. The molecular formula is C11H14O4. The van der Waals surface area contributed by atoms with Gasteiger partial charge in [0.15, 0.2) is 0 Å². The van der Waals surface area contributed by atoms with Gasteiger partial charge in [-0.3, -0.25) is 4.79 Å². The zero-order valence-corrected chi connectivity index (χ0v) is 8.56. The molecule has 0 amide bonds. The molecule has 4 heteroatoms. The van der Waals surface area contributed by atoms with Crippen LogP contribution < -0.4 is 0 Å². The second kappa shape index (κ2) is 3.10. The van der Waals surface area contributed by atoms with Gasteiger partial charge in [-0.05, 0) is 31.4 Å². The van der Waals surface area contributed by atoms with Gasteiger partial charge >= 0.3 is 5.97 Å². The molecule has 0 aliphatic heterocycles. The first-order chi connectivity index (χ1) is 7.02. The molecule has 0 unspecified atom stereocenters. The van der Waals surface area contributed by atoms with Crippen LogP contribution in [0, 0.1) is 5.41 Å². The summed E-state index contributed by atoms with van der Waals surface area (Å²) in [6.45, 7) is 1.83. The van der Waals surface area contributed by atoms with Crippen molar-refractivity contribution < 1.29 is 19.4 Å². The first-order valence-electron chi connectivity index (χ1n) is 5.02. The Morgan fingerprint density at radius 2 is 2.27 bits per heavy atom. The van der Waals surface area contributed by atoms with Gasteiger partial charge in [-0.15, -0.1) is 0 Å². The number of carboxylic acid groups (broad SMARTS) is 1. The van der Waals surface area contributed by atoms with Crippen LogP contribution in [0.15, 0.2) is 22.8 Å². The van der Waals surface area contributed by atoms with Crippen molar-refractivity contribution in [1.29, 1.82) is 0 Å². The van der Waals surface area contributed by atoms with Crippen molar-refractivity contribution in [1.82, 2.24) is 0 Å². The van der Waals surface area contributed by atoms with E-state index in [0.717, 1.165) is 0 Å². The summed E-state index contributed by atoms with van der Waals surface area (Å²) < 4.78 is 5.12. The van der Waals surface area contributed by atoms with Gasteiger partial charge < -0.3 is 14.6 Å². The molecule has 1 heterocycles. The molecule has 1 aliphatic carbocycles. The lowest BCUT2D eigenvalue weighted by atomic mass is 9.57. The minimum atomic E-state index is -1.09. The van der Waals surface area contributed by atoms with Crippen molar-refractivity contribution in [2.24, 2.45) is 5.41 Å². The maximum Gasteiger partial charge on any atom is 0.309 e. The van der Waals surface area contributed by atoms with E-state index in [0.29, 0.717) is 12.2 Å². The van der Waals surface area contributed by atoms with Crippen molar-refractivity contribution in [3.63, 3.8) is 0 Å². The summed E-state index contributed by atoms with van der Waals surface area (Å²) in [6, 6.07) is 3.38. The SMILES string of the molecule is CCC1(C(=O)O)CC(O)(c2ccco2)C1. The van der Waals surface area contributed by atoms with Crippen molar-refractivity contribution in [3.05, 3.63) is 24.2 Å². The van der Waals surface area contributed by atoms with E-state index >= 15 is 0 Å². The normalized spacial score (nSPS) is 34.8. The Morgan fingerprint density at radius 1 is 1.60 bits per heavy atom. The maximum atomic E-state index is 11.1. The van der Waals surface area contributed by atoms with Gasteiger partial charge in [0.05, 0.1) is 11.7 Å². The van der Waals surface area contributed by atoms with Gasteiger partial charge in [0, 0.05) is 0 Å². The van der Waals surface area contributed by atoms with E-state index < -0.39 is 17.0 Å². The number of hydrogen-bond acceptors (Lipinski definition) is 3. The van der Waals surface area contributed by atoms with Crippen molar-refractivity contribution >= 4 is 5.97 Å². The van der Waals surface area contributed by atoms with E-state index in [4.69, 9.17) is 9.52 Å². The highest BCUT2D eigenvalue weighted by Gasteiger charge is 2.59. The smallest absolute Gasteiger partial charge is 0.309 e. The quantitative estimate of drug-likeness (QED) is 0.797. The van der Waals surface area contributed by atoms with Crippen LogP contribution in [0.1, 0.15) is 31.9 Å². The Bertz CT molecular complexity index is 360. The summed E-state index contributed by atoms with van der Waals surface area (Å²) in [4.78, 5) is 11.1. The molecule has 1 aromatic rings. The van der Waals surface area contributed by atoms with Crippen LogP contribution in [0.5, 0.6) is 0 Å². The summed E-state index contributed by atoms with van der Waals surface area (Å²) in [6.07, 6.45) is 2.49. The fraction of sp³-hybridized carbons (Fsp3) is 0.545. The lowest BCUT2D eigenvalue weighted by Gasteiger charge is -2.49. The molecule has 1 aliphatic rings. The number of carbonyl (C=O) groups is 1. The number of rotatable bonds is 3. The molecule has 0 saturated heterocycles. The van der Waals surface area contributed by atoms with Crippen molar-refractivity contribution in [3.8, 4) is 0 Å². The summed E-state index contributed by atoms with van der Waals surface area (Å²) >= 11 is 0. The molecule has 4 nitrogen and oxygen atoms in total. The number of carboxylic acids is 1. The molecule has 1 aromatic heterocycles. The Labute approximate surface area is 87.5 Å². The van der Waals surface area contributed by atoms with Crippen LogP contribution in [0.2, 0.25) is 0 Å². The van der Waals surface area contributed by atoms with Crippen LogP contribution in [-0.2, 0) is 10.4 Å². The third-order valence-corrected chi connectivity index (χ3v) is 3.37. The molecule has 0 aromatic carbocycles. The molecule has 1 saturated carbocycles. The Morgan fingerprint density at radius 3 is 2.67 bits per heavy atom. The van der Waals surface area contributed by atoms with Crippen molar-refractivity contribution in [2.45, 2.75) is 31.8 Å². The summed E-state index contributed by atoms with van der Waals surface area (Å²) in [5.74, 6) is -0.367. The third kappa shape index (κ3) is 1.36. The molecule has 82 valence electrons. The van der Waals surface area contributed by atoms with Gasteiger partial charge in [-0.25, -0.2) is 0 Å². The van der Waals surface area contributed by atoms with E-state index in [-0.39, 0.29) is 12.8 Å². The minimum absolute atomic E-state index is 0.235. The van der Waals surface area contributed by atoms with Crippen molar-refractivity contribution in [2.75, 3.05) is 0 Å². The predicted octanol–water partition coefficient (Wildman–Crippen LogP) is 1.74. The average molecular weight is 210 g/mol. The van der Waals surface area contributed by atoms with E-state index in [2.05, 4.69) is 0 Å². The zero-order valence-electron chi connectivity index (χ0n) is 8.56. The van der Waals surface area contributed by atoms with Gasteiger partial charge in [-0.2, -0.15) is 0 Å². The van der Waals surface area contributed by atoms with E-state index in [1.165, 1.54) is 6.26 Å². The Hall–Kier alpha value is -1.29. The second-order valence-corrected chi connectivity index (χ2v) is 4.30. The highest BCUT2D eigenvalue weighted by atomic mass is 16.4. The predicted molar refractivity (Wildman–Crippen MR) is 52.2 cm³/mol. The third-order valence-electron chi connectivity index (χ3n) is 3.37. The number of aliphatic carboxylic acids is 1. The van der Waals surface area contributed by atoms with Crippen LogP contribution in [-0.4, -0.2) is 16.2 Å². The molecular weight excluding hydrogens is 196 g/mol. The highest BCUT2D eigenvalue weighted by Crippen LogP contribution is 2.56. The van der Waals surface area contributed by atoms with E-state index in [1.54, 1.807) is 12.1 Å². The lowest BCUT2D eigenvalue weighted by Crippen LogP contribution is -2.53. The first kappa shape index (κ1) is 10.2. The minimum Gasteiger partial charge on any atom is -0.481 e. The molecule has 2 N–H and O–H groups in total. The van der Waals surface area contributed by atoms with Crippen LogP contribution in [0.25, 0.3) is 0 Å². The summed E-state index contributed by atoms with van der Waals surface area (Å²) in [7, 11) is 0. The summed E-state index contributed by atoms with van der Waals surface area (Å²) in [5.41, 5.74) is -1.86. The molecule has 0 atom stereocenters. The molecule has 2 rings (SSSR count). The zero-order chi connectivity index (χ0) is 11.1. The second-order valence-electron chi connectivity index (χ2n) is 4.30. The number of furan rings is 1. The van der Waals surface area contributed by atoms with Crippen LogP contribution in [0.4, 0.5) is 0 Å². The molecule has 0 bridgehead atoms. The highest BCUT2D eigenvalue weighted by molar-refractivity contribution is 5.76. The molecule has 15 heavy (non-hydrogen) atoms. The fourth-order valence-corrected chi connectivity index (χ4v) is 2.34.